The SMILES string of the molecule is COc1cc(CCC(=O)NC(C)CCCC(C)(C)O)cc2c(C(=O)OCc3cc(F)cc(F)c3)c(-c3ccccc3)oc12. The van der Waals surface area contributed by atoms with Crippen LogP contribution in [0.25, 0.3) is 22.3 Å². The van der Waals surface area contributed by atoms with Gasteiger partial charge in [-0.05, 0) is 81.8 Å². The largest absolute Gasteiger partial charge is 0.493 e. The Kier molecular flexibility index (Phi) is 10.2. The summed E-state index contributed by atoms with van der Waals surface area (Å²) in [5, 5.41) is 13.3. The Hall–Kier alpha value is -4.24. The van der Waals surface area contributed by atoms with Gasteiger partial charge in [0.2, 0.25) is 5.91 Å². The van der Waals surface area contributed by atoms with Gasteiger partial charge < -0.3 is 24.3 Å². The van der Waals surface area contributed by atoms with Crippen LogP contribution in [0.3, 0.4) is 0 Å². The maximum absolute atomic E-state index is 13.7. The van der Waals surface area contributed by atoms with Gasteiger partial charge in [-0.25, -0.2) is 13.6 Å². The van der Waals surface area contributed by atoms with Gasteiger partial charge in [0.25, 0.3) is 0 Å². The van der Waals surface area contributed by atoms with E-state index in [1.807, 2.05) is 13.0 Å². The van der Waals surface area contributed by atoms with Crippen LogP contribution in [-0.2, 0) is 22.6 Å². The van der Waals surface area contributed by atoms with Gasteiger partial charge in [0.05, 0.1) is 12.7 Å². The van der Waals surface area contributed by atoms with Gasteiger partial charge in [-0.15, -0.1) is 0 Å². The molecule has 0 bridgehead atoms. The van der Waals surface area contributed by atoms with E-state index in [-0.39, 0.29) is 41.9 Å². The van der Waals surface area contributed by atoms with Crippen molar-refractivity contribution in [2.24, 2.45) is 0 Å². The van der Waals surface area contributed by atoms with Crippen LogP contribution in [0.5, 0.6) is 5.75 Å². The summed E-state index contributed by atoms with van der Waals surface area (Å²) in [4.78, 5) is 26.2. The number of hydrogen-bond acceptors (Lipinski definition) is 6. The molecule has 1 heterocycles. The highest BCUT2D eigenvalue weighted by Gasteiger charge is 2.26. The van der Waals surface area contributed by atoms with Crippen LogP contribution in [0.4, 0.5) is 8.78 Å². The summed E-state index contributed by atoms with van der Waals surface area (Å²) in [6.07, 6.45) is 2.76. The van der Waals surface area contributed by atoms with Crippen LogP contribution in [0, 0.1) is 11.6 Å². The molecule has 0 aliphatic rings. The smallest absolute Gasteiger partial charge is 0.343 e. The third-order valence-electron chi connectivity index (χ3n) is 7.04. The number of aliphatic hydroxyl groups is 1. The third kappa shape index (κ3) is 8.64. The van der Waals surface area contributed by atoms with Crippen molar-refractivity contribution in [2.75, 3.05) is 7.11 Å². The van der Waals surface area contributed by atoms with Gasteiger partial charge in [-0.2, -0.15) is 0 Å². The molecular weight excluding hydrogens is 556 g/mol. The number of esters is 1. The van der Waals surface area contributed by atoms with E-state index >= 15 is 0 Å². The first kappa shape index (κ1) is 31.7. The number of amides is 1. The molecule has 3 aromatic carbocycles. The molecule has 0 fully saturated rings. The van der Waals surface area contributed by atoms with Crippen molar-refractivity contribution in [3.05, 3.63) is 89.0 Å². The van der Waals surface area contributed by atoms with Crippen molar-refractivity contribution in [3.8, 4) is 17.1 Å². The van der Waals surface area contributed by atoms with Crippen molar-refractivity contribution < 1.29 is 37.4 Å². The fourth-order valence-corrected chi connectivity index (χ4v) is 4.95. The zero-order valence-electron chi connectivity index (χ0n) is 24.8. The number of aryl methyl sites for hydroxylation is 1. The summed E-state index contributed by atoms with van der Waals surface area (Å²) in [6, 6.07) is 15.5. The number of rotatable bonds is 13. The van der Waals surface area contributed by atoms with Crippen LogP contribution < -0.4 is 10.1 Å². The first-order chi connectivity index (χ1) is 20.4. The third-order valence-corrected chi connectivity index (χ3v) is 7.04. The Balaban J connectivity index is 1.58. The average Bonchev–Trinajstić information content (AvgIpc) is 3.33. The van der Waals surface area contributed by atoms with Gasteiger partial charge in [0.1, 0.15) is 29.6 Å². The van der Waals surface area contributed by atoms with E-state index in [0.717, 1.165) is 36.6 Å². The summed E-state index contributed by atoms with van der Waals surface area (Å²) >= 11 is 0. The lowest BCUT2D eigenvalue weighted by Gasteiger charge is -2.19. The summed E-state index contributed by atoms with van der Waals surface area (Å²) < 4.78 is 44.7. The molecule has 7 nitrogen and oxygen atoms in total. The van der Waals surface area contributed by atoms with Crippen molar-refractivity contribution >= 4 is 22.8 Å². The molecule has 0 aliphatic carbocycles. The number of carbonyl (C=O) groups is 2. The van der Waals surface area contributed by atoms with E-state index in [9.17, 15) is 23.5 Å². The second-order valence-corrected chi connectivity index (χ2v) is 11.4. The highest BCUT2D eigenvalue weighted by atomic mass is 19.1. The first-order valence-electron chi connectivity index (χ1n) is 14.3. The number of benzene rings is 3. The molecule has 0 spiro atoms. The Labute approximate surface area is 249 Å². The first-order valence-corrected chi connectivity index (χ1v) is 14.3. The molecule has 1 atom stereocenters. The van der Waals surface area contributed by atoms with Gasteiger partial charge in [-0.1, -0.05) is 30.3 Å². The zero-order chi connectivity index (χ0) is 31.1. The summed E-state index contributed by atoms with van der Waals surface area (Å²) in [5.74, 6) is -1.75. The number of halogens is 2. The molecule has 4 rings (SSSR count). The van der Waals surface area contributed by atoms with E-state index in [0.29, 0.717) is 35.1 Å². The summed E-state index contributed by atoms with van der Waals surface area (Å²) in [6.45, 7) is 5.12. The molecule has 0 saturated heterocycles. The average molecular weight is 594 g/mol. The second kappa shape index (κ2) is 13.8. The minimum atomic E-state index is -0.772. The maximum atomic E-state index is 13.7. The lowest BCUT2D eigenvalue weighted by Crippen LogP contribution is -2.33. The molecule has 0 radical (unpaired) electrons. The monoisotopic (exact) mass is 593 g/mol. The predicted octanol–water partition coefficient (Wildman–Crippen LogP) is 7.12. The van der Waals surface area contributed by atoms with Crippen molar-refractivity contribution in [1.82, 2.24) is 5.32 Å². The van der Waals surface area contributed by atoms with Crippen molar-refractivity contribution in [2.45, 2.75) is 71.1 Å². The number of methoxy groups -OCH3 is 1. The van der Waals surface area contributed by atoms with E-state index in [1.54, 1.807) is 50.2 Å². The predicted molar refractivity (Wildman–Crippen MR) is 160 cm³/mol. The topological polar surface area (TPSA) is 98.0 Å². The molecule has 9 heteroatoms. The molecule has 228 valence electrons. The zero-order valence-corrected chi connectivity index (χ0v) is 24.8. The molecule has 43 heavy (non-hydrogen) atoms. The van der Waals surface area contributed by atoms with Crippen molar-refractivity contribution in [3.63, 3.8) is 0 Å². The number of carbonyl (C=O) groups excluding carboxylic acids is 2. The van der Waals surface area contributed by atoms with Gasteiger partial charge >= 0.3 is 5.97 Å². The van der Waals surface area contributed by atoms with E-state index in [2.05, 4.69) is 5.32 Å². The molecule has 1 amide bonds. The standard InChI is InChI=1S/C34H37F2NO6/c1-21(9-8-14-34(2,3)40)37-29(38)13-12-22-17-27-30(33(39)42-20-23-15-25(35)19-26(36)16-23)31(24-10-6-5-7-11-24)43-32(27)28(18-22)41-4/h5-7,10-11,15-19,21,40H,8-9,12-14,20H2,1-4H3,(H,37,38). The Morgan fingerprint density at radius 1 is 1.02 bits per heavy atom. The Morgan fingerprint density at radius 3 is 2.37 bits per heavy atom. The lowest BCUT2D eigenvalue weighted by atomic mass is 9.99. The fraction of sp³-hybridized carbons (Fsp3) is 0.353. The number of fused-ring (bicyclic) bond motifs is 1. The van der Waals surface area contributed by atoms with E-state index in [4.69, 9.17) is 13.9 Å². The highest BCUT2D eigenvalue weighted by molar-refractivity contribution is 6.10. The summed E-state index contributed by atoms with van der Waals surface area (Å²) in [7, 11) is 1.49. The van der Waals surface area contributed by atoms with Gasteiger partial charge in [0.15, 0.2) is 11.3 Å². The number of hydrogen-bond donors (Lipinski definition) is 2. The minimum Gasteiger partial charge on any atom is -0.493 e. The normalized spacial score (nSPS) is 12.3. The maximum Gasteiger partial charge on any atom is 0.343 e. The highest BCUT2D eigenvalue weighted by Crippen LogP contribution is 2.39. The molecule has 4 aromatic rings. The second-order valence-electron chi connectivity index (χ2n) is 11.4. The van der Waals surface area contributed by atoms with E-state index < -0.39 is 23.2 Å². The van der Waals surface area contributed by atoms with Gasteiger partial charge in [0, 0.05) is 29.5 Å². The Bertz CT molecular complexity index is 1560. The van der Waals surface area contributed by atoms with Crippen molar-refractivity contribution in [1.29, 1.82) is 0 Å². The molecule has 1 aromatic heterocycles. The molecule has 1 unspecified atom stereocenters. The number of ether oxygens (including phenoxy) is 2. The quantitative estimate of drug-likeness (QED) is 0.160. The summed E-state index contributed by atoms with van der Waals surface area (Å²) in [5.41, 5.74) is 1.28. The van der Waals surface area contributed by atoms with Crippen LogP contribution in [0.1, 0.15) is 67.9 Å². The number of furan rings is 1. The molecule has 0 aliphatic heterocycles. The molecule has 0 saturated carbocycles. The van der Waals surface area contributed by atoms with Gasteiger partial charge in [-0.3, -0.25) is 4.79 Å². The van der Waals surface area contributed by atoms with Crippen LogP contribution in [0.15, 0.2) is 65.1 Å². The molecular formula is C34H37F2NO6. The molecule has 2 N–H and O–H groups in total. The number of nitrogens with one attached hydrogen (secondary N) is 1. The van der Waals surface area contributed by atoms with Crippen LogP contribution in [0.2, 0.25) is 0 Å². The van der Waals surface area contributed by atoms with Crippen LogP contribution in [-0.4, -0.2) is 35.7 Å². The van der Waals surface area contributed by atoms with Crippen LogP contribution >= 0.6 is 0 Å². The van der Waals surface area contributed by atoms with E-state index in [1.165, 1.54) is 7.11 Å². The fourth-order valence-electron chi connectivity index (χ4n) is 4.95. The Morgan fingerprint density at radius 2 is 1.72 bits per heavy atom. The minimum absolute atomic E-state index is 0.0397. The lowest BCUT2D eigenvalue weighted by molar-refractivity contribution is -0.121.